The average molecular weight is 296 g/mol. The van der Waals surface area contributed by atoms with Crippen LogP contribution in [0, 0.1) is 0 Å². The Morgan fingerprint density at radius 1 is 1.53 bits per heavy atom. The molecule has 2 rings (SSSR count). The van der Waals surface area contributed by atoms with Crippen molar-refractivity contribution in [2.24, 2.45) is 0 Å². The first-order chi connectivity index (χ1) is 9.04. The molecule has 0 spiro atoms. The lowest BCUT2D eigenvalue weighted by Crippen LogP contribution is -2.34. The molecule has 1 saturated heterocycles. The van der Waals surface area contributed by atoms with Gasteiger partial charge in [-0.25, -0.2) is 4.98 Å². The van der Waals surface area contributed by atoms with E-state index in [0.29, 0.717) is 19.6 Å². The zero-order chi connectivity index (χ0) is 13.7. The molecule has 1 aliphatic heterocycles. The molecule has 1 atom stereocenters. The van der Waals surface area contributed by atoms with Crippen molar-refractivity contribution in [1.29, 1.82) is 0 Å². The van der Waals surface area contributed by atoms with Crippen molar-refractivity contribution in [3.05, 3.63) is 16.1 Å². The first kappa shape index (κ1) is 14.7. The number of aromatic nitrogens is 1. The van der Waals surface area contributed by atoms with Gasteiger partial charge in [0.1, 0.15) is 6.61 Å². The van der Waals surface area contributed by atoms with Gasteiger partial charge in [-0.1, -0.05) is 0 Å². The fourth-order valence-electron chi connectivity index (χ4n) is 1.70. The molecule has 1 unspecified atom stereocenters. The van der Waals surface area contributed by atoms with E-state index in [2.05, 4.69) is 15.0 Å². The van der Waals surface area contributed by atoms with Gasteiger partial charge in [0.2, 0.25) is 0 Å². The van der Waals surface area contributed by atoms with Crippen molar-refractivity contribution >= 4 is 11.3 Å². The molecule has 108 valence electrons. The van der Waals surface area contributed by atoms with Crippen molar-refractivity contribution in [2.75, 3.05) is 33.0 Å². The molecule has 1 aromatic heterocycles. The SMILES string of the molecule is FC(F)(F)COCCc1nc(C2COCCN2)cs1. The number of halogens is 3. The Hall–Kier alpha value is -0.700. The lowest BCUT2D eigenvalue weighted by Gasteiger charge is -2.22. The summed E-state index contributed by atoms with van der Waals surface area (Å²) in [5.41, 5.74) is 0.885. The number of nitrogens with zero attached hydrogens (tertiary/aromatic N) is 1. The fourth-order valence-corrected chi connectivity index (χ4v) is 2.54. The highest BCUT2D eigenvalue weighted by molar-refractivity contribution is 7.09. The van der Waals surface area contributed by atoms with Gasteiger partial charge in [-0.2, -0.15) is 13.2 Å². The topological polar surface area (TPSA) is 43.4 Å². The van der Waals surface area contributed by atoms with Gasteiger partial charge in [-0.3, -0.25) is 0 Å². The Kier molecular flexibility index (Phi) is 5.14. The van der Waals surface area contributed by atoms with Gasteiger partial charge in [-0.15, -0.1) is 11.3 Å². The molecule has 0 radical (unpaired) electrons. The molecule has 0 aliphatic carbocycles. The lowest BCUT2D eigenvalue weighted by molar-refractivity contribution is -0.173. The number of rotatable bonds is 5. The summed E-state index contributed by atoms with van der Waals surface area (Å²) in [6.45, 7) is 0.878. The van der Waals surface area contributed by atoms with Gasteiger partial charge < -0.3 is 14.8 Å². The largest absolute Gasteiger partial charge is 0.411 e. The molecular formula is C11H15F3N2O2S. The fraction of sp³-hybridized carbons (Fsp3) is 0.727. The lowest BCUT2D eigenvalue weighted by atomic mass is 10.2. The molecule has 1 aliphatic rings. The summed E-state index contributed by atoms with van der Waals surface area (Å²) in [7, 11) is 0. The maximum absolute atomic E-state index is 11.9. The Morgan fingerprint density at radius 2 is 2.37 bits per heavy atom. The first-order valence-corrected chi connectivity index (χ1v) is 6.82. The van der Waals surface area contributed by atoms with E-state index in [1.807, 2.05) is 5.38 Å². The Labute approximate surface area is 112 Å². The second-order valence-corrected chi connectivity index (χ2v) is 5.11. The summed E-state index contributed by atoms with van der Waals surface area (Å²) in [6.07, 6.45) is -3.87. The van der Waals surface area contributed by atoms with Crippen LogP contribution >= 0.6 is 11.3 Å². The Morgan fingerprint density at radius 3 is 3.05 bits per heavy atom. The van der Waals surface area contributed by atoms with Gasteiger partial charge >= 0.3 is 6.18 Å². The third-order valence-corrected chi connectivity index (χ3v) is 3.50. The normalized spacial score (nSPS) is 20.7. The van der Waals surface area contributed by atoms with Crippen molar-refractivity contribution in [3.63, 3.8) is 0 Å². The van der Waals surface area contributed by atoms with Crippen molar-refractivity contribution in [3.8, 4) is 0 Å². The maximum Gasteiger partial charge on any atom is 0.411 e. The number of nitrogens with one attached hydrogen (secondary N) is 1. The van der Waals surface area contributed by atoms with E-state index >= 15 is 0 Å². The minimum Gasteiger partial charge on any atom is -0.378 e. The number of alkyl halides is 3. The van der Waals surface area contributed by atoms with Crippen LogP contribution in [0.4, 0.5) is 13.2 Å². The van der Waals surface area contributed by atoms with Crippen LogP contribution in [0.25, 0.3) is 0 Å². The molecule has 0 aromatic carbocycles. The summed E-state index contributed by atoms with van der Waals surface area (Å²) in [6, 6.07) is 0.0786. The van der Waals surface area contributed by atoms with Crippen LogP contribution in [0.5, 0.6) is 0 Å². The summed E-state index contributed by atoms with van der Waals surface area (Å²) in [5, 5.41) is 5.97. The van der Waals surface area contributed by atoms with Crippen LogP contribution in [0.1, 0.15) is 16.7 Å². The van der Waals surface area contributed by atoms with Gasteiger partial charge in [0.05, 0.1) is 36.6 Å². The number of hydrogen-bond donors (Lipinski definition) is 1. The summed E-state index contributed by atoms with van der Waals surface area (Å²) in [5.74, 6) is 0. The number of thiazole rings is 1. The van der Waals surface area contributed by atoms with E-state index in [-0.39, 0.29) is 12.6 Å². The molecule has 0 amide bonds. The highest BCUT2D eigenvalue weighted by atomic mass is 32.1. The van der Waals surface area contributed by atoms with Crippen molar-refractivity contribution in [2.45, 2.75) is 18.6 Å². The van der Waals surface area contributed by atoms with Crippen LogP contribution in [-0.2, 0) is 15.9 Å². The van der Waals surface area contributed by atoms with E-state index in [1.54, 1.807) is 0 Å². The van der Waals surface area contributed by atoms with E-state index in [4.69, 9.17) is 4.74 Å². The Bertz CT molecular complexity index is 392. The molecule has 1 aromatic rings. The first-order valence-electron chi connectivity index (χ1n) is 5.94. The molecule has 19 heavy (non-hydrogen) atoms. The molecule has 8 heteroatoms. The minimum atomic E-state index is -4.27. The number of ether oxygens (including phenoxy) is 2. The third-order valence-electron chi connectivity index (χ3n) is 2.57. The molecule has 0 bridgehead atoms. The zero-order valence-electron chi connectivity index (χ0n) is 10.2. The van der Waals surface area contributed by atoms with Crippen molar-refractivity contribution < 1.29 is 22.6 Å². The van der Waals surface area contributed by atoms with Gasteiger partial charge in [-0.05, 0) is 0 Å². The van der Waals surface area contributed by atoms with Crippen LogP contribution in [-0.4, -0.2) is 44.1 Å². The quantitative estimate of drug-likeness (QED) is 0.843. The monoisotopic (exact) mass is 296 g/mol. The van der Waals surface area contributed by atoms with Gasteiger partial charge in [0, 0.05) is 18.3 Å². The molecule has 1 N–H and O–H groups in total. The second-order valence-electron chi connectivity index (χ2n) is 4.17. The standard InChI is InChI=1S/C11H15F3N2O2S/c12-11(13,14)7-18-3-1-10-16-9(6-19-10)8-5-17-4-2-15-8/h6,8,15H,1-5,7H2. The molecule has 0 saturated carbocycles. The van der Waals surface area contributed by atoms with E-state index in [1.165, 1.54) is 11.3 Å². The van der Waals surface area contributed by atoms with Crippen LogP contribution in [0.3, 0.4) is 0 Å². The minimum absolute atomic E-state index is 0.0288. The highest BCUT2D eigenvalue weighted by Crippen LogP contribution is 2.19. The predicted octanol–water partition coefficient (Wildman–Crippen LogP) is 1.93. The van der Waals surface area contributed by atoms with Crippen LogP contribution in [0.2, 0.25) is 0 Å². The Balaban J connectivity index is 1.74. The average Bonchev–Trinajstić information content (AvgIpc) is 2.83. The third kappa shape index (κ3) is 5.06. The highest BCUT2D eigenvalue weighted by Gasteiger charge is 2.27. The van der Waals surface area contributed by atoms with E-state index in [0.717, 1.165) is 17.2 Å². The molecular weight excluding hydrogens is 281 g/mol. The zero-order valence-corrected chi connectivity index (χ0v) is 11.0. The van der Waals surface area contributed by atoms with Crippen LogP contribution < -0.4 is 5.32 Å². The van der Waals surface area contributed by atoms with E-state index in [9.17, 15) is 13.2 Å². The number of hydrogen-bond acceptors (Lipinski definition) is 5. The molecule has 4 nitrogen and oxygen atoms in total. The summed E-state index contributed by atoms with van der Waals surface area (Å²) >= 11 is 1.43. The smallest absolute Gasteiger partial charge is 0.378 e. The second kappa shape index (κ2) is 6.65. The van der Waals surface area contributed by atoms with Gasteiger partial charge in [0.15, 0.2) is 0 Å². The van der Waals surface area contributed by atoms with Gasteiger partial charge in [0.25, 0.3) is 0 Å². The molecule has 2 heterocycles. The summed E-state index contributed by atoms with van der Waals surface area (Å²) < 4.78 is 45.5. The number of morpholine rings is 1. The van der Waals surface area contributed by atoms with Crippen molar-refractivity contribution in [1.82, 2.24) is 10.3 Å². The van der Waals surface area contributed by atoms with E-state index < -0.39 is 12.8 Å². The summed E-state index contributed by atoms with van der Waals surface area (Å²) in [4.78, 5) is 4.38. The maximum atomic E-state index is 11.9. The molecule has 1 fully saturated rings. The van der Waals surface area contributed by atoms with Crippen LogP contribution in [0.15, 0.2) is 5.38 Å². The predicted molar refractivity (Wildman–Crippen MR) is 64.3 cm³/mol.